The zero-order valence-electron chi connectivity index (χ0n) is 10.0. The van der Waals surface area contributed by atoms with Crippen molar-refractivity contribution in [1.29, 1.82) is 0 Å². The highest BCUT2D eigenvalue weighted by atomic mass is 35.6. The molecular weight excluding hydrogens is 328 g/mol. The van der Waals surface area contributed by atoms with Gasteiger partial charge in [-0.2, -0.15) is 4.98 Å². The molecule has 0 bridgehead atoms. The van der Waals surface area contributed by atoms with Gasteiger partial charge in [0.25, 0.3) is 9.70 Å². The van der Waals surface area contributed by atoms with Gasteiger partial charge < -0.3 is 9.73 Å². The summed E-state index contributed by atoms with van der Waals surface area (Å²) in [6.45, 7) is 1.39. The van der Waals surface area contributed by atoms with Crippen molar-refractivity contribution >= 4 is 69.4 Å². The van der Waals surface area contributed by atoms with E-state index in [4.69, 9.17) is 39.2 Å². The molecule has 6 nitrogen and oxygen atoms in total. The Morgan fingerprint density at radius 3 is 2.55 bits per heavy atom. The van der Waals surface area contributed by atoms with E-state index in [-0.39, 0.29) is 11.9 Å². The molecule has 0 aliphatic heterocycles. The first-order valence-corrected chi connectivity index (χ1v) is 6.45. The number of fused-ring (bicyclic) bond motifs is 1. The van der Waals surface area contributed by atoms with Crippen molar-refractivity contribution in [2.24, 2.45) is 0 Å². The zero-order chi connectivity index (χ0) is 14.9. The van der Waals surface area contributed by atoms with Gasteiger partial charge in [0.15, 0.2) is 5.58 Å². The lowest BCUT2D eigenvalue weighted by Crippen LogP contribution is -2.27. The number of hydrogen-bond acceptors (Lipinski definition) is 4. The van der Waals surface area contributed by atoms with Crippen LogP contribution < -0.4 is 10.6 Å². The van der Waals surface area contributed by atoms with Crippen LogP contribution in [-0.2, 0) is 9.59 Å². The standard InChI is InChI=1S/C11H8Cl3N3O3/c1-5(18)15-6-2-3-7-8(4-6)20-10(16-7)17-9(19)11(12,13)14/h2-4H,1H3,(H,15,18)(H,16,17,19). The van der Waals surface area contributed by atoms with Gasteiger partial charge in [0.05, 0.1) is 0 Å². The molecule has 0 radical (unpaired) electrons. The lowest BCUT2D eigenvalue weighted by atomic mass is 10.3. The molecule has 0 aliphatic carbocycles. The zero-order valence-corrected chi connectivity index (χ0v) is 12.3. The number of halogens is 3. The molecule has 0 saturated heterocycles. The number of anilines is 2. The maximum absolute atomic E-state index is 11.5. The number of hydrogen-bond donors (Lipinski definition) is 2. The summed E-state index contributed by atoms with van der Waals surface area (Å²) in [4.78, 5) is 26.4. The maximum Gasteiger partial charge on any atom is 0.302 e. The van der Waals surface area contributed by atoms with Crippen LogP contribution >= 0.6 is 34.8 Å². The molecule has 2 rings (SSSR count). The molecule has 2 amide bonds. The summed E-state index contributed by atoms with van der Waals surface area (Å²) >= 11 is 16.2. The summed E-state index contributed by atoms with van der Waals surface area (Å²) in [6, 6.07) is 4.73. The van der Waals surface area contributed by atoms with Crippen LogP contribution in [0.2, 0.25) is 0 Å². The van der Waals surface area contributed by atoms with Crippen molar-refractivity contribution in [3.05, 3.63) is 18.2 Å². The minimum Gasteiger partial charge on any atom is -0.423 e. The third-order valence-electron chi connectivity index (χ3n) is 2.19. The van der Waals surface area contributed by atoms with E-state index >= 15 is 0 Å². The van der Waals surface area contributed by atoms with E-state index in [2.05, 4.69) is 15.6 Å². The second-order valence-corrected chi connectivity index (χ2v) is 6.12. The number of amides is 2. The van der Waals surface area contributed by atoms with E-state index in [1.807, 2.05) is 0 Å². The molecule has 0 spiro atoms. The monoisotopic (exact) mass is 335 g/mol. The molecule has 0 fully saturated rings. The summed E-state index contributed by atoms with van der Waals surface area (Å²) < 4.78 is 3.18. The molecule has 0 atom stereocenters. The van der Waals surface area contributed by atoms with Crippen molar-refractivity contribution in [3.8, 4) is 0 Å². The van der Waals surface area contributed by atoms with Crippen molar-refractivity contribution in [3.63, 3.8) is 0 Å². The normalized spacial score (nSPS) is 11.4. The van der Waals surface area contributed by atoms with Crippen LogP contribution in [0.5, 0.6) is 0 Å². The topological polar surface area (TPSA) is 84.2 Å². The predicted octanol–water partition coefficient (Wildman–Crippen LogP) is 3.09. The molecule has 0 aliphatic rings. The summed E-state index contributed by atoms with van der Waals surface area (Å²) in [5, 5.41) is 4.83. The molecule has 1 aromatic carbocycles. The third kappa shape index (κ3) is 3.53. The number of oxazole rings is 1. The molecule has 1 aromatic heterocycles. The second-order valence-electron chi connectivity index (χ2n) is 3.83. The van der Waals surface area contributed by atoms with Gasteiger partial charge in [-0.3, -0.25) is 14.9 Å². The van der Waals surface area contributed by atoms with Crippen LogP contribution in [0.25, 0.3) is 11.1 Å². The Morgan fingerprint density at radius 1 is 1.25 bits per heavy atom. The predicted molar refractivity (Wildman–Crippen MR) is 77.2 cm³/mol. The van der Waals surface area contributed by atoms with Crippen LogP contribution in [-0.4, -0.2) is 20.6 Å². The van der Waals surface area contributed by atoms with Gasteiger partial charge in [0.2, 0.25) is 5.91 Å². The van der Waals surface area contributed by atoms with Gasteiger partial charge in [-0.25, -0.2) is 0 Å². The number of benzene rings is 1. The Balaban J connectivity index is 2.25. The number of aromatic nitrogens is 1. The molecule has 0 saturated carbocycles. The summed E-state index contributed by atoms with van der Waals surface area (Å²) in [5.41, 5.74) is 1.40. The lowest BCUT2D eigenvalue weighted by molar-refractivity contribution is -0.115. The fourth-order valence-electron chi connectivity index (χ4n) is 1.43. The van der Waals surface area contributed by atoms with E-state index in [9.17, 15) is 9.59 Å². The highest BCUT2D eigenvalue weighted by Crippen LogP contribution is 2.28. The minimum absolute atomic E-state index is 0.101. The molecule has 20 heavy (non-hydrogen) atoms. The fourth-order valence-corrected chi connectivity index (χ4v) is 1.57. The Labute approximate surface area is 128 Å². The molecule has 106 valence electrons. The number of nitrogens with one attached hydrogen (secondary N) is 2. The average molecular weight is 337 g/mol. The van der Waals surface area contributed by atoms with Crippen molar-refractivity contribution < 1.29 is 14.0 Å². The smallest absolute Gasteiger partial charge is 0.302 e. The summed E-state index contributed by atoms with van der Waals surface area (Å²) in [7, 11) is 0. The van der Waals surface area contributed by atoms with Gasteiger partial charge >= 0.3 is 6.01 Å². The molecule has 2 N–H and O–H groups in total. The first kappa shape index (κ1) is 14.9. The van der Waals surface area contributed by atoms with Crippen LogP contribution in [0.1, 0.15) is 6.92 Å². The van der Waals surface area contributed by atoms with Gasteiger partial charge in [-0.1, -0.05) is 34.8 Å². The average Bonchev–Trinajstić information content (AvgIpc) is 2.68. The van der Waals surface area contributed by atoms with E-state index in [0.29, 0.717) is 16.8 Å². The third-order valence-corrected chi connectivity index (χ3v) is 2.70. The molecular formula is C11H8Cl3N3O3. The van der Waals surface area contributed by atoms with E-state index < -0.39 is 9.70 Å². The number of nitrogens with zero attached hydrogens (tertiary/aromatic N) is 1. The number of carbonyl (C=O) groups excluding carboxylic acids is 2. The molecule has 9 heteroatoms. The van der Waals surface area contributed by atoms with Crippen molar-refractivity contribution in [2.75, 3.05) is 10.6 Å². The Hall–Kier alpha value is -1.50. The van der Waals surface area contributed by atoms with E-state index in [0.717, 1.165) is 0 Å². The van der Waals surface area contributed by atoms with Gasteiger partial charge in [-0.05, 0) is 12.1 Å². The summed E-state index contributed by atoms with van der Waals surface area (Å²) in [6.07, 6.45) is 0. The van der Waals surface area contributed by atoms with Crippen LogP contribution in [0.4, 0.5) is 11.7 Å². The molecule has 1 heterocycles. The lowest BCUT2D eigenvalue weighted by Gasteiger charge is -2.07. The molecule has 0 unspecified atom stereocenters. The first-order valence-electron chi connectivity index (χ1n) is 5.32. The van der Waals surface area contributed by atoms with Gasteiger partial charge in [0, 0.05) is 18.7 Å². The SMILES string of the molecule is CC(=O)Nc1ccc2nc(NC(=O)C(Cl)(Cl)Cl)oc2c1. The van der Waals surface area contributed by atoms with Crippen molar-refractivity contribution in [1.82, 2.24) is 4.98 Å². The Morgan fingerprint density at radius 2 is 1.95 bits per heavy atom. The number of carbonyl (C=O) groups is 2. The number of rotatable bonds is 2. The summed E-state index contributed by atoms with van der Waals surface area (Å²) in [5.74, 6) is -1.09. The Kier molecular flexibility index (Phi) is 4.08. The fraction of sp³-hybridized carbons (Fsp3) is 0.182. The number of alkyl halides is 3. The quantitative estimate of drug-likeness (QED) is 0.825. The van der Waals surface area contributed by atoms with Gasteiger partial charge in [0.1, 0.15) is 5.52 Å². The van der Waals surface area contributed by atoms with E-state index in [1.165, 1.54) is 6.92 Å². The Bertz CT molecular complexity index is 678. The minimum atomic E-state index is -2.11. The van der Waals surface area contributed by atoms with Crippen LogP contribution in [0.15, 0.2) is 22.6 Å². The van der Waals surface area contributed by atoms with Crippen LogP contribution in [0, 0.1) is 0 Å². The highest BCUT2D eigenvalue weighted by Gasteiger charge is 2.31. The van der Waals surface area contributed by atoms with Crippen molar-refractivity contribution in [2.45, 2.75) is 10.7 Å². The van der Waals surface area contributed by atoms with Crippen LogP contribution in [0.3, 0.4) is 0 Å². The highest BCUT2D eigenvalue weighted by molar-refractivity contribution is 6.76. The first-order chi connectivity index (χ1) is 9.25. The molecule has 2 aromatic rings. The maximum atomic E-state index is 11.5. The second kappa shape index (κ2) is 5.47. The van der Waals surface area contributed by atoms with E-state index in [1.54, 1.807) is 18.2 Å². The van der Waals surface area contributed by atoms with Gasteiger partial charge in [-0.15, -0.1) is 0 Å². The largest absolute Gasteiger partial charge is 0.423 e.